The van der Waals surface area contributed by atoms with Gasteiger partial charge in [-0.1, -0.05) is 11.6 Å². The van der Waals surface area contributed by atoms with E-state index in [1.54, 1.807) is 18.3 Å². The van der Waals surface area contributed by atoms with Crippen LogP contribution in [0.1, 0.15) is 11.9 Å². The van der Waals surface area contributed by atoms with Gasteiger partial charge in [-0.15, -0.1) is 0 Å². The van der Waals surface area contributed by atoms with Crippen LogP contribution in [0, 0.1) is 5.82 Å². The minimum atomic E-state index is -1.02. The van der Waals surface area contributed by atoms with Gasteiger partial charge >= 0.3 is 0 Å². The molecule has 3 heterocycles. The summed E-state index contributed by atoms with van der Waals surface area (Å²) >= 11 is 5.90. The lowest BCUT2D eigenvalue weighted by molar-refractivity contribution is 0.184. The van der Waals surface area contributed by atoms with Gasteiger partial charge in [0.25, 0.3) is 0 Å². The smallest absolute Gasteiger partial charge is 0.192 e. The van der Waals surface area contributed by atoms with Gasteiger partial charge in [0.1, 0.15) is 11.5 Å². The van der Waals surface area contributed by atoms with Crippen molar-refractivity contribution in [2.45, 2.75) is 6.23 Å². The number of nitrogens with zero attached hydrogens (tertiary/aromatic N) is 3. The molecule has 2 aromatic heterocycles. The highest BCUT2D eigenvalue weighted by molar-refractivity contribution is 6.31. The van der Waals surface area contributed by atoms with Crippen molar-refractivity contribution in [1.82, 2.24) is 9.97 Å². The maximum Gasteiger partial charge on any atom is 0.192 e. The first-order chi connectivity index (χ1) is 12.1. The number of nitrogens with one attached hydrogen (secondary N) is 1. The SMILES string of the molecule is O[C@H]1N=CNc2ccc(-c3cccnc3-c3ccc(F)c(Cl)c3)nc21. The Morgan fingerprint density at radius 2 is 2.04 bits per heavy atom. The van der Waals surface area contributed by atoms with E-state index in [9.17, 15) is 9.50 Å². The summed E-state index contributed by atoms with van der Waals surface area (Å²) in [6, 6.07) is 11.7. The number of hydrogen-bond acceptors (Lipinski definition) is 5. The van der Waals surface area contributed by atoms with Crippen molar-refractivity contribution in [3.05, 3.63) is 65.2 Å². The van der Waals surface area contributed by atoms with E-state index in [1.165, 1.54) is 18.5 Å². The molecule has 1 aliphatic heterocycles. The van der Waals surface area contributed by atoms with Crippen LogP contribution in [0.2, 0.25) is 5.02 Å². The highest BCUT2D eigenvalue weighted by Crippen LogP contribution is 2.34. The van der Waals surface area contributed by atoms with E-state index in [1.807, 2.05) is 18.2 Å². The number of fused-ring (bicyclic) bond motifs is 1. The molecule has 0 spiro atoms. The predicted octanol–water partition coefficient (Wildman–Crippen LogP) is 4.05. The Morgan fingerprint density at radius 1 is 1.16 bits per heavy atom. The van der Waals surface area contributed by atoms with Gasteiger partial charge < -0.3 is 10.4 Å². The molecule has 3 aromatic rings. The van der Waals surface area contributed by atoms with Crippen LogP contribution in [-0.2, 0) is 0 Å². The fourth-order valence-electron chi connectivity index (χ4n) is 2.68. The summed E-state index contributed by atoms with van der Waals surface area (Å²) in [4.78, 5) is 12.8. The van der Waals surface area contributed by atoms with Gasteiger partial charge in [0.15, 0.2) is 6.23 Å². The topological polar surface area (TPSA) is 70.4 Å². The third-order valence-corrected chi connectivity index (χ3v) is 4.17. The number of anilines is 1. The Kier molecular flexibility index (Phi) is 3.91. The fourth-order valence-corrected chi connectivity index (χ4v) is 2.86. The fraction of sp³-hybridized carbons (Fsp3) is 0.0556. The Labute approximate surface area is 147 Å². The minimum Gasteiger partial charge on any atom is -0.367 e. The second-order valence-electron chi connectivity index (χ2n) is 5.45. The summed E-state index contributed by atoms with van der Waals surface area (Å²) in [6.07, 6.45) is 2.07. The van der Waals surface area contributed by atoms with Crippen LogP contribution < -0.4 is 5.32 Å². The van der Waals surface area contributed by atoms with Crippen molar-refractivity contribution in [1.29, 1.82) is 0 Å². The van der Waals surface area contributed by atoms with Gasteiger partial charge in [0.2, 0.25) is 0 Å². The monoisotopic (exact) mass is 354 g/mol. The molecule has 1 atom stereocenters. The Hall–Kier alpha value is -2.83. The molecule has 2 N–H and O–H groups in total. The van der Waals surface area contributed by atoms with E-state index in [-0.39, 0.29) is 5.02 Å². The molecule has 0 saturated carbocycles. The van der Waals surface area contributed by atoms with Crippen LogP contribution in [-0.4, -0.2) is 21.4 Å². The Bertz CT molecular complexity index is 993. The molecule has 0 unspecified atom stereocenters. The second kappa shape index (κ2) is 6.23. The number of aliphatic hydroxyl groups excluding tert-OH is 1. The van der Waals surface area contributed by atoms with Gasteiger partial charge in [0, 0.05) is 17.3 Å². The lowest BCUT2D eigenvalue weighted by Gasteiger charge is -2.17. The van der Waals surface area contributed by atoms with Gasteiger partial charge in [0.05, 0.1) is 28.4 Å². The zero-order valence-corrected chi connectivity index (χ0v) is 13.6. The predicted molar refractivity (Wildman–Crippen MR) is 94.9 cm³/mol. The molecule has 0 saturated heterocycles. The van der Waals surface area contributed by atoms with Crippen molar-refractivity contribution in [2.24, 2.45) is 4.99 Å². The van der Waals surface area contributed by atoms with Crippen molar-refractivity contribution >= 4 is 23.6 Å². The van der Waals surface area contributed by atoms with Crippen LogP contribution in [0.15, 0.2) is 53.7 Å². The van der Waals surface area contributed by atoms with Gasteiger partial charge in [-0.2, -0.15) is 0 Å². The molecule has 0 aliphatic carbocycles. The van der Waals surface area contributed by atoms with E-state index in [4.69, 9.17) is 11.6 Å². The summed E-state index contributed by atoms with van der Waals surface area (Å²) in [6.45, 7) is 0. The van der Waals surface area contributed by atoms with Crippen LogP contribution in [0.25, 0.3) is 22.5 Å². The zero-order valence-electron chi connectivity index (χ0n) is 12.8. The third kappa shape index (κ3) is 2.86. The van der Waals surface area contributed by atoms with Crippen molar-refractivity contribution in [3.63, 3.8) is 0 Å². The number of aliphatic imine (C=N–C) groups is 1. The van der Waals surface area contributed by atoms with Crippen LogP contribution >= 0.6 is 11.6 Å². The highest BCUT2D eigenvalue weighted by Gasteiger charge is 2.19. The van der Waals surface area contributed by atoms with E-state index in [0.29, 0.717) is 28.3 Å². The number of rotatable bonds is 2. The standard InChI is InChI=1S/C18H12ClFN4O/c19-12-8-10(3-4-13(12)20)16-11(2-1-7-21-16)14-5-6-15-17(24-14)18(25)23-9-22-15/h1-9,18,25H,(H,22,23)/t18-/m1/s1. The lowest BCUT2D eigenvalue weighted by Crippen LogP contribution is -2.12. The number of hydrogen-bond donors (Lipinski definition) is 2. The third-order valence-electron chi connectivity index (χ3n) is 3.88. The van der Waals surface area contributed by atoms with E-state index in [2.05, 4.69) is 20.3 Å². The summed E-state index contributed by atoms with van der Waals surface area (Å²) in [5.74, 6) is -0.484. The molecule has 0 radical (unpaired) electrons. The molecule has 0 bridgehead atoms. The number of halogens is 2. The second-order valence-corrected chi connectivity index (χ2v) is 5.86. The van der Waals surface area contributed by atoms with Gasteiger partial charge in [-0.05, 0) is 42.5 Å². The molecule has 25 heavy (non-hydrogen) atoms. The average molecular weight is 355 g/mol. The zero-order chi connectivity index (χ0) is 17.4. The number of pyridine rings is 2. The van der Waals surface area contributed by atoms with Gasteiger partial charge in [-0.25, -0.2) is 14.4 Å². The number of aliphatic hydroxyl groups is 1. The van der Waals surface area contributed by atoms with Crippen LogP contribution in [0.4, 0.5) is 10.1 Å². The van der Waals surface area contributed by atoms with Crippen LogP contribution in [0.3, 0.4) is 0 Å². The molecule has 0 amide bonds. The lowest BCUT2D eigenvalue weighted by atomic mass is 10.0. The molecule has 1 aliphatic rings. The largest absolute Gasteiger partial charge is 0.367 e. The van der Waals surface area contributed by atoms with Crippen molar-refractivity contribution in [2.75, 3.05) is 5.32 Å². The quantitative estimate of drug-likeness (QED) is 0.728. The molecule has 4 rings (SSSR count). The molecular formula is C18H12ClFN4O. The first-order valence-electron chi connectivity index (χ1n) is 7.51. The summed E-state index contributed by atoms with van der Waals surface area (Å²) in [5, 5.41) is 13.0. The van der Waals surface area contributed by atoms with E-state index >= 15 is 0 Å². The molecule has 0 fully saturated rings. The number of benzene rings is 1. The van der Waals surface area contributed by atoms with Crippen LogP contribution in [0.5, 0.6) is 0 Å². The molecule has 1 aromatic carbocycles. The molecule has 124 valence electrons. The van der Waals surface area contributed by atoms with E-state index in [0.717, 1.165) is 5.56 Å². The van der Waals surface area contributed by atoms with Crippen molar-refractivity contribution < 1.29 is 9.50 Å². The first-order valence-corrected chi connectivity index (χ1v) is 7.89. The summed E-state index contributed by atoms with van der Waals surface area (Å²) in [5.41, 5.74) is 3.81. The number of aromatic nitrogens is 2. The highest BCUT2D eigenvalue weighted by atomic mass is 35.5. The van der Waals surface area contributed by atoms with Crippen molar-refractivity contribution in [3.8, 4) is 22.5 Å². The summed E-state index contributed by atoms with van der Waals surface area (Å²) < 4.78 is 13.5. The average Bonchev–Trinajstić information content (AvgIpc) is 2.64. The summed E-state index contributed by atoms with van der Waals surface area (Å²) in [7, 11) is 0. The molecular weight excluding hydrogens is 343 g/mol. The molecule has 7 heteroatoms. The maximum atomic E-state index is 13.5. The Balaban J connectivity index is 1.85. The normalized spacial score (nSPS) is 15.6. The first kappa shape index (κ1) is 15.7. The maximum absolute atomic E-state index is 13.5. The minimum absolute atomic E-state index is 0.0291. The molecule has 5 nitrogen and oxygen atoms in total. The van der Waals surface area contributed by atoms with Gasteiger partial charge in [-0.3, -0.25) is 4.98 Å². The van der Waals surface area contributed by atoms with E-state index < -0.39 is 12.0 Å². The Morgan fingerprint density at radius 3 is 2.88 bits per heavy atom.